The highest BCUT2D eigenvalue weighted by atomic mass is 16.5. The molecule has 1 aromatic carbocycles. The molecule has 1 fully saturated rings. The number of hydrogen-bond acceptors (Lipinski definition) is 5. The van der Waals surface area contributed by atoms with Gasteiger partial charge in [-0.15, -0.1) is 0 Å². The van der Waals surface area contributed by atoms with Gasteiger partial charge in [0.1, 0.15) is 0 Å². The molecule has 21 heavy (non-hydrogen) atoms. The second-order valence-corrected chi connectivity index (χ2v) is 5.24. The molecule has 2 unspecified atom stereocenters. The molecule has 1 heterocycles. The number of nitrogens with two attached hydrogens (primary N) is 1. The molecule has 2 rings (SSSR count). The highest BCUT2D eigenvalue weighted by molar-refractivity contribution is 5.56. The molecule has 5 heteroatoms. The Bertz CT molecular complexity index is 458. The van der Waals surface area contributed by atoms with Gasteiger partial charge in [0.15, 0.2) is 11.5 Å². The van der Waals surface area contributed by atoms with Crippen molar-refractivity contribution in [3.05, 3.63) is 17.7 Å². The van der Waals surface area contributed by atoms with Gasteiger partial charge in [0.05, 0.1) is 27.4 Å². The number of methoxy groups -OCH3 is 3. The Morgan fingerprint density at radius 3 is 2.52 bits per heavy atom. The summed E-state index contributed by atoms with van der Waals surface area (Å²) in [6, 6.07) is 3.70. The van der Waals surface area contributed by atoms with Crippen LogP contribution in [0.5, 0.6) is 17.2 Å². The van der Waals surface area contributed by atoms with Crippen molar-refractivity contribution in [1.29, 1.82) is 0 Å². The van der Waals surface area contributed by atoms with Crippen molar-refractivity contribution in [2.45, 2.75) is 37.8 Å². The van der Waals surface area contributed by atoms with Crippen LogP contribution in [0.25, 0.3) is 0 Å². The third kappa shape index (κ3) is 3.60. The highest BCUT2D eigenvalue weighted by Gasteiger charge is 2.22. The number of hydrogen-bond donors (Lipinski definition) is 1. The molecule has 1 aliphatic heterocycles. The van der Waals surface area contributed by atoms with Crippen LogP contribution in [0.2, 0.25) is 0 Å². The molecular weight excluding hydrogens is 270 g/mol. The highest BCUT2D eigenvalue weighted by Crippen LogP contribution is 2.42. The minimum Gasteiger partial charge on any atom is -0.493 e. The van der Waals surface area contributed by atoms with Crippen molar-refractivity contribution in [1.82, 2.24) is 0 Å². The van der Waals surface area contributed by atoms with Gasteiger partial charge in [-0.1, -0.05) is 0 Å². The Morgan fingerprint density at radius 2 is 1.95 bits per heavy atom. The summed E-state index contributed by atoms with van der Waals surface area (Å²) in [5.74, 6) is 1.88. The Balaban J connectivity index is 2.13. The van der Waals surface area contributed by atoms with Gasteiger partial charge in [0, 0.05) is 18.2 Å². The van der Waals surface area contributed by atoms with E-state index in [1.807, 2.05) is 12.1 Å². The lowest BCUT2D eigenvalue weighted by atomic mass is 9.98. The number of benzene rings is 1. The third-order valence-corrected chi connectivity index (χ3v) is 3.96. The predicted molar refractivity (Wildman–Crippen MR) is 81.2 cm³/mol. The van der Waals surface area contributed by atoms with E-state index in [1.165, 1.54) is 0 Å². The zero-order chi connectivity index (χ0) is 15.2. The minimum absolute atomic E-state index is 0.107. The van der Waals surface area contributed by atoms with Crippen LogP contribution < -0.4 is 19.9 Å². The Hall–Kier alpha value is -1.46. The summed E-state index contributed by atoms with van der Waals surface area (Å²) < 4.78 is 21.8. The van der Waals surface area contributed by atoms with Gasteiger partial charge in [-0.25, -0.2) is 0 Å². The smallest absolute Gasteiger partial charge is 0.203 e. The molecule has 0 aliphatic carbocycles. The van der Waals surface area contributed by atoms with Crippen LogP contribution in [0, 0.1) is 0 Å². The summed E-state index contributed by atoms with van der Waals surface area (Å²) >= 11 is 0. The van der Waals surface area contributed by atoms with E-state index in [9.17, 15) is 0 Å². The van der Waals surface area contributed by atoms with Crippen molar-refractivity contribution in [3.8, 4) is 17.2 Å². The largest absolute Gasteiger partial charge is 0.493 e. The van der Waals surface area contributed by atoms with E-state index in [0.717, 1.165) is 37.9 Å². The molecule has 0 bridgehead atoms. The van der Waals surface area contributed by atoms with Crippen LogP contribution in [0.3, 0.4) is 0 Å². The molecule has 1 aromatic rings. The molecule has 1 saturated heterocycles. The summed E-state index contributed by atoms with van der Waals surface area (Å²) in [6.07, 6.45) is 4.46. The fourth-order valence-corrected chi connectivity index (χ4v) is 2.81. The number of ether oxygens (including phenoxy) is 4. The average Bonchev–Trinajstić information content (AvgIpc) is 3.04. The summed E-state index contributed by atoms with van der Waals surface area (Å²) in [4.78, 5) is 0. The lowest BCUT2D eigenvalue weighted by Crippen LogP contribution is -2.15. The first-order chi connectivity index (χ1) is 10.2. The quantitative estimate of drug-likeness (QED) is 0.838. The summed E-state index contributed by atoms with van der Waals surface area (Å²) in [7, 11) is 4.82. The molecule has 0 spiro atoms. The summed E-state index contributed by atoms with van der Waals surface area (Å²) in [5.41, 5.74) is 7.27. The molecule has 2 N–H and O–H groups in total. The Labute approximate surface area is 126 Å². The van der Waals surface area contributed by atoms with Crippen LogP contribution >= 0.6 is 0 Å². The zero-order valence-corrected chi connectivity index (χ0v) is 13.1. The average molecular weight is 295 g/mol. The molecule has 5 nitrogen and oxygen atoms in total. The Kier molecular flexibility index (Phi) is 5.70. The maximum atomic E-state index is 6.33. The normalized spacial score (nSPS) is 19.3. The number of rotatable bonds is 7. The monoisotopic (exact) mass is 295 g/mol. The van der Waals surface area contributed by atoms with Gasteiger partial charge >= 0.3 is 0 Å². The van der Waals surface area contributed by atoms with Gasteiger partial charge in [-0.2, -0.15) is 0 Å². The standard InChI is InChI=1S/C16H25NO4/c1-18-14-9-7-12(15(19-2)16(14)20-3)13(17)8-6-11-5-4-10-21-11/h7,9,11,13H,4-6,8,10,17H2,1-3H3. The van der Waals surface area contributed by atoms with E-state index in [4.69, 9.17) is 24.7 Å². The van der Waals surface area contributed by atoms with Crippen LogP contribution in [0.4, 0.5) is 0 Å². The molecule has 1 aliphatic rings. The molecular formula is C16H25NO4. The molecule has 2 atom stereocenters. The van der Waals surface area contributed by atoms with Crippen molar-refractivity contribution in [2.75, 3.05) is 27.9 Å². The van der Waals surface area contributed by atoms with Crippen LogP contribution in [0.1, 0.15) is 37.3 Å². The van der Waals surface area contributed by atoms with Gasteiger partial charge < -0.3 is 24.7 Å². The SMILES string of the molecule is COc1ccc(C(N)CCC2CCCO2)c(OC)c1OC. The zero-order valence-electron chi connectivity index (χ0n) is 13.1. The van der Waals surface area contributed by atoms with Crippen LogP contribution in [0.15, 0.2) is 12.1 Å². The van der Waals surface area contributed by atoms with E-state index < -0.39 is 0 Å². The first kappa shape index (κ1) is 15.9. The first-order valence-corrected chi connectivity index (χ1v) is 7.37. The summed E-state index contributed by atoms with van der Waals surface area (Å²) in [5, 5.41) is 0. The fraction of sp³-hybridized carbons (Fsp3) is 0.625. The maximum absolute atomic E-state index is 6.33. The molecule has 0 aromatic heterocycles. The van der Waals surface area contributed by atoms with E-state index >= 15 is 0 Å². The Morgan fingerprint density at radius 1 is 1.19 bits per heavy atom. The van der Waals surface area contributed by atoms with Gasteiger partial charge in [-0.3, -0.25) is 0 Å². The van der Waals surface area contributed by atoms with Crippen LogP contribution in [-0.4, -0.2) is 34.0 Å². The van der Waals surface area contributed by atoms with Crippen LogP contribution in [-0.2, 0) is 4.74 Å². The van der Waals surface area contributed by atoms with Gasteiger partial charge in [0.2, 0.25) is 5.75 Å². The predicted octanol–water partition coefficient (Wildman–Crippen LogP) is 2.67. The second kappa shape index (κ2) is 7.52. The minimum atomic E-state index is -0.107. The van der Waals surface area contributed by atoms with Gasteiger partial charge in [0.25, 0.3) is 0 Å². The van der Waals surface area contributed by atoms with Crippen molar-refractivity contribution < 1.29 is 18.9 Å². The maximum Gasteiger partial charge on any atom is 0.203 e. The van der Waals surface area contributed by atoms with E-state index in [-0.39, 0.29) is 6.04 Å². The van der Waals surface area contributed by atoms with Crippen molar-refractivity contribution >= 4 is 0 Å². The van der Waals surface area contributed by atoms with Gasteiger partial charge in [-0.05, 0) is 37.8 Å². The van der Waals surface area contributed by atoms with Crippen molar-refractivity contribution in [3.63, 3.8) is 0 Å². The van der Waals surface area contributed by atoms with E-state index in [2.05, 4.69) is 0 Å². The van der Waals surface area contributed by atoms with E-state index in [1.54, 1.807) is 21.3 Å². The second-order valence-electron chi connectivity index (χ2n) is 5.24. The molecule has 0 amide bonds. The fourth-order valence-electron chi connectivity index (χ4n) is 2.81. The first-order valence-electron chi connectivity index (χ1n) is 7.37. The molecule has 118 valence electrons. The van der Waals surface area contributed by atoms with E-state index in [0.29, 0.717) is 23.4 Å². The molecule has 0 saturated carbocycles. The lowest BCUT2D eigenvalue weighted by Gasteiger charge is -2.20. The lowest BCUT2D eigenvalue weighted by molar-refractivity contribution is 0.101. The third-order valence-electron chi connectivity index (χ3n) is 3.96. The van der Waals surface area contributed by atoms with Crippen molar-refractivity contribution in [2.24, 2.45) is 5.73 Å². The summed E-state index contributed by atoms with van der Waals surface area (Å²) in [6.45, 7) is 0.875. The molecule has 0 radical (unpaired) electrons. The topological polar surface area (TPSA) is 62.9 Å².